The second kappa shape index (κ2) is 6.55. The normalized spacial score (nSPS) is 19.2. The Labute approximate surface area is 132 Å². The number of rotatable bonds is 2. The third kappa shape index (κ3) is 3.70. The lowest BCUT2D eigenvalue weighted by molar-refractivity contribution is -0.0591. The highest BCUT2D eigenvalue weighted by Crippen LogP contribution is 2.33. The molecule has 2 heterocycles. The summed E-state index contributed by atoms with van der Waals surface area (Å²) < 4.78 is 26.7. The van der Waals surface area contributed by atoms with Crippen molar-refractivity contribution in [3.8, 4) is 11.8 Å². The van der Waals surface area contributed by atoms with Crippen molar-refractivity contribution in [3.05, 3.63) is 52.5 Å². The van der Waals surface area contributed by atoms with Crippen molar-refractivity contribution in [3.63, 3.8) is 0 Å². The van der Waals surface area contributed by atoms with E-state index < -0.39 is 5.92 Å². The molecule has 1 unspecified atom stereocenters. The lowest BCUT2D eigenvalue weighted by Gasteiger charge is -2.34. The van der Waals surface area contributed by atoms with Gasteiger partial charge in [0.25, 0.3) is 5.92 Å². The molecule has 22 heavy (non-hydrogen) atoms. The van der Waals surface area contributed by atoms with Gasteiger partial charge in [-0.25, -0.2) is 8.78 Å². The molecule has 0 bridgehead atoms. The number of nitrogens with zero attached hydrogens (tertiary/aromatic N) is 2. The van der Waals surface area contributed by atoms with Gasteiger partial charge in [0.15, 0.2) is 0 Å². The molecule has 0 amide bonds. The summed E-state index contributed by atoms with van der Waals surface area (Å²) >= 11 is 1.52. The van der Waals surface area contributed by atoms with Crippen molar-refractivity contribution in [1.82, 2.24) is 9.88 Å². The van der Waals surface area contributed by atoms with Crippen LogP contribution in [-0.4, -0.2) is 28.9 Å². The number of benzene rings is 1. The van der Waals surface area contributed by atoms with Crippen LogP contribution in [0.1, 0.15) is 29.3 Å². The standard InChI is InChI=1S/C17H16F2N2S/c18-17(19)8-10-21(11-9-17)15(16-12-20-13-22-16)7-6-14-4-2-1-3-5-14/h1-5,12-13,15H,8-11H2. The average Bonchev–Trinajstić information content (AvgIpc) is 3.04. The van der Waals surface area contributed by atoms with Crippen LogP contribution < -0.4 is 0 Å². The lowest BCUT2D eigenvalue weighted by atomic mass is 10.0. The third-order valence-corrected chi connectivity index (χ3v) is 4.57. The van der Waals surface area contributed by atoms with Crippen molar-refractivity contribution < 1.29 is 8.78 Å². The molecule has 2 aromatic rings. The number of piperidine rings is 1. The molecule has 114 valence electrons. The Morgan fingerprint density at radius 2 is 1.91 bits per heavy atom. The van der Waals surface area contributed by atoms with Crippen LogP contribution in [0.4, 0.5) is 8.78 Å². The van der Waals surface area contributed by atoms with Gasteiger partial charge in [-0.05, 0) is 12.1 Å². The maximum Gasteiger partial charge on any atom is 0.250 e. The van der Waals surface area contributed by atoms with Gasteiger partial charge in [-0.2, -0.15) is 0 Å². The minimum absolute atomic E-state index is 0.102. The first-order valence-corrected chi connectivity index (χ1v) is 8.09. The fraction of sp³-hybridized carbons (Fsp3) is 0.353. The maximum absolute atomic E-state index is 13.4. The highest BCUT2D eigenvalue weighted by Gasteiger charge is 2.36. The van der Waals surface area contributed by atoms with Crippen molar-refractivity contribution in [2.45, 2.75) is 24.8 Å². The lowest BCUT2D eigenvalue weighted by Crippen LogP contribution is -2.40. The minimum atomic E-state index is -2.54. The van der Waals surface area contributed by atoms with Gasteiger partial charge in [-0.15, -0.1) is 11.3 Å². The first kappa shape index (κ1) is 15.1. The zero-order valence-electron chi connectivity index (χ0n) is 12.0. The Balaban J connectivity index is 1.82. The number of thiazole rings is 1. The monoisotopic (exact) mass is 318 g/mol. The van der Waals surface area contributed by atoms with Crippen LogP contribution in [-0.2, 0) is 0 Å². The van der Waals surface area contributed by atoms with E-state index in [2.05, 4.69) is 16.8 Å². The summed E-state index contributed by atoms with van der Waals surface area (Å²) in [6.45, 7) is 0.720. The summed E-state index contributed by atoms with van der Waals surface area (Å²) in [6, 6.07) is 9.55. The number of alkyl halides is 2. The van der Waals surface area contributed by atoms with Crippen molar-refractivity contribution in [2.75, 3.05) is 13.1 Å². The molecule has 1 aromatic carbocycles. The maximum atomic E-state index is 13.4. The summed E-state index contributed by atoms with van der Waals surface area (Å²) in [5.41, 5.74) is 2.68. The zero-order valence-corrected chi connectivity index (χ0v) is 12.8. The molecule has 0 N–H and O–H groups in total. The Morgan fingerprint density at radius 1 is 1.18 bits per heavy atom. The fourth-order valence-electron chi connectivity index (χ4n) is 2.49. The summed E-state index contributed by atoms with van der Waals surface area (Å²) in [5.74, 6) is 3.85. The number of hydrogen-bond acceptors (Lipinski definition) is 3. The first-order chi connectivity index (χ1) is 10.6. The predicted molar refractivity (Wildman–Crippen MR) is 83.9 cm³/mol. The molecular weight excluding hydrogens is 302 g/mol. The van der Waals surface area contributed by atoms with E-state index in [0.717, 1.165) is 10.4 Å². The number of hydrogen-bond donors (Lipinski definition) is 0. The van der Waals surface area contributed by atoms with E-state index in [1.807, 2.05) is 35.2 Å². The first-order valence-electron chi connectivity index (χ1n) is 7.21. The molecule has 0 aliphatic carbocycles. The van der Waals surface area contributed by atoms with E-state index in [9.17, 15) is 8.78 Å². The smallest absolute Gasteiger partial charge is 0.250 e. The Morgan fingerprint density at radius 3 is 2.55 bits per heavy atom. The minimum Gasteiger partial charge on any atom is -0.285 e. The highest BCUT2D eigenvalue weighted by molar-refractivity contribution is 7.09. The summed E-state index contributed by atoms with van der Waals surface area (Å²) in [6.07, 6.45) is 1.58. The fourth-order valence-corrected chi connectivity index (χ4v) is 3.19. The molecular formula is C17H16F2N2S. The quantitative estimate of drug-likeness (QED) is 0.779. The van der Waals surface area contributed by atoms with Crippen LogP contribution in [0.5, 0.6) is 0 Å². The zero-order chi connectivity index (χ0) is 15.4. The van der Waals surface area contributed by atoms with Crippen LogP contribution in [0.2, 0.25) is 0 Å². The van der Waals surface area contributed by atoms with E-state index in [1.165, 1.54) is 11.3 Å². The SMILES string of the molecule is FC1(F)CCN(C(C#Cc2ccccc2)c2cncs2)CC1. The second-order valence-electron chi connectivity index (χ2n) is 5.33. The molecule has 0 radical (unpaired) electrons. The van der Waals surface area contributed by atoms with Crippen molar-refractivity contribution in [2.24, 2.45) is 0 Å². The summed E-state index contributed by atoms with van der Waals surface area (Å²) in [4.78, 5) is 7.13. The third-order valence-electron chi connectivity index (χ3n) is 3.74. The molecule has 1 fully saturated rings. The number of likely N-dealkylation sites (tertiary alicyclic amines) is 1. The molecule has 5 heteroatoms. The van der Waals surface area contributed by atoms with Crippen LogP contribution in [0.25, 0.3) is 0 Å². The highest BCUT2D eigenvalue weighted by atomic mass is 32.1. The van der Waals surface area contributed by atoms with Gasteiger partial charge in [-0.3, -0.25) is 9.88 Å². The Bertz CT molecular complexity index is 649. The average molecular weight is 318 g/mol. The predicted octanol–water partition coefficient (Wildman–Crippen LogP) is 3.97. The van der Waals surface area contributed by atoms with Crippen LogP contribution in [0.15, 0.2) is 42.0 Å². The molecule has 0 spiro atoms. The van der Waals surface area contributed by atoms with E-state index in [-0.39, 0.29) is 18.9 Å². The van der Waals surface area contributed by atoms with Gasteiger partial charge in [0.2, 0.25) is 0 Å². The van der Waals surface area contributed by atoms with Crippen molar-refractivity contribution in [1.29, 1.82) is 0 Å². The van der Waals surface area contributed by atoms with E-state index in [0.29, 0.717) is 13.1 Å². The molecule has 2 nitrogen and oxygen atoms in total. The second-order valence-corrected chi connectivity index (χ2v) is 6.25. The summed E-state index contributed by atoms with van der Waals surface area (Å²) in [5, 5.41) is 0. The van der Waals surface area contributed by atoms with Gasteiger partial charge in [0.1, 0.15) is 6.04 Å². The Hall–Kier alpha value is -1.77. The van der Waals surface area contributed by atoms with Gasteiger partial charge < -0.3 is 0 Å². The Kier molecular flexibility index (Phi) is 4.51. The number of halogens is 2. The molecule has 1 aromatic heterocycles. The van der Waals surface area contributed by atoms with Crippen LogP contribution in [0, 0.1) is 11.8 Å². The van der Waals surface area contributed by atoms with Gasteiger partial charge in [0.05, 0.1) is 10.4 Å². The molecule has 1 atom stereocenters. The largest absolute Gasteiger partial charge is 0.285 e. The van der Waals surface area contributed by atoms with Crippen molar-refractivity contribution >= 4 is 11.3 Å². The molecule has 0 saturated carbocycles. The number of aromatic nitrogens is 1. The van der Waals surface area contributed by atoms with E-state index >= 15 is 0 Å². The van der Waals surface area contributed by atoms with Gasteiger partial charge in [0, 0.05) is 37.7 Å². The molecule has 1 aliphatic rings. The van der Waals surface area contributed by atoms with E-state index in [4.69, 9.17) is 0 Å². The molecule has 3 rings (SSSR count). The van der Waals surface area contributed by atoms with Gasteiger partial charge in [-0.1, -0.05) is 30.0 Å². The summed E-state index contributed by atoms with van der Waals surface area (Å²) in [7, 11) is 0. The van der Waals surface area contributed by atoms with Crippen LogP contribution in [0.3, 0.4) is 0 Å². The van der Waals surface area contributed by atoms with E-state index in [1.54, 1.807) is 11.7 Å². The van der Waals surface area contributed by atoms with Crippen LogP contribution >= 0.6 is 11.3 Å². The topological polar surface area (TPSA) is 16.1 Å². The molecule has 1 saturated heterocycles. The van der Waals surface area contributed by atoms with Gasteiger partial charge >= 0.3 is 0 Å². The molecule has 1 aliphatic heterocycles.